The number of aliphatic hydroxyl groups excluding tert-OH is 1. The van der Waals surface area contributed by atoms with Crippen LogP contribution in [0.1, 0.15) is 18.0 Å². The van der Waals surface area contributed by atoms with E-state index < -0.39 is 16.9 Å². The molecule has 1 aromatic rings. The van der Waals surface area contributed by atoms with Crippen LogP contribution in [0.25, 0.3) is 0 Å². The Morgan fingerprint density at radius 2 is 2.22 bits per heavy atom. The van der Waals surface area contributed by atoms with E-state index in [1.54, 1.807) is 12.1 Å². The van der Waals surface area contributed by atoms with Crippen molar-refractivity contribution in [2.24, 2.45) is 5.92 Å². The second-order valence-electron chi connectivity index (χ2n) is 6.63. The number of piperidine rings is 1. The van der Waals surface area contributed by atoms with E-state index in [2.05, 4.69) is 11.5 Å². The number of likely N-dealkylation sites (tertiary alicyclic amines) is 1. The van der Waals surface area contributed by atoms with Gasteiger partial charge in [-0.15, -0.1) is 6.58 Å². The van der Waals surface area contributed by atoms with Gasteiger partial charge in [0.25, 0.3) is 5.56 Å². The highest BCUT2D eigenvalue weighted by atomic mass is 32.2. The van der Waals surface area contributed by atoms with Crippen molar-refractivity contribution in [1.29, 1.82) is 0 Å². The number of nitrogens with zero attached hydrogens (tertiary/aromatic N) is 2. The molecular formula is C17H24N2O3S. The normalized spacial score (nSPS) is 26.3. The van der Waals surface area contributed by atoms with Gasteiger partial charge in [0.1, 0.15) is 0 Å². The fourth-order valence-corrected chi connectivity index (χ4v) is 4.84. The molecule has 23 heavy (non-hydrogen) atoms. The molecule has 3 rings (SSSR count). The van der Waals surface area contributed by atoms with Gasteiger partial charge in [0.15, 0.2) is 0 Å². The molecular weight excluding hydrogens is 312 g/mol. The van der Waals surface area contributed by atoms with Crippen LogP contribution in [0, 0.1) is 5.92 Å². The zero-order valence-corrected chi connectivity index (χ0v) is 14.1. The Bertz CT molecular complexity index is 657. The summed E-state index contributed by atoms with van der Waals surface area (Å²) >= 11 is 0. The fourth-order valence-electron chi connectivity index (χ4n) is 3.91. The molecule has 1 N–H and O–H groups in total. The van der Waals surface area contributed by atoms with Crippen LogP contribution in [0.4, 0.5) is 0 Å². The number of rotatable bonds is 6. The van der Waals surface area contributed by atoms with Gasteiger partial charge < -0.3 is 9.67 Å². The van der Waals surface area contributed by atoms with E-state index in [-0.39, 0.29) is 5.56 Å². The maximum atomic E-state index is 12.0. The van der Waals surface area contributed by atoms with Crippen molar-refractivity contribution >= 4 is 10.8 Å². The standard InChI is InChI=1S/C17H24N2O3S/c1-2-6-23(22)12-15(20)11-18-8-13-7-14(10-18)16-4-3-5-17(21)19(16)9-13/h2-5,13-15,20H,1,6-12H2/t13-,14+,15?,23?/m0/s1. The third-order valence-electron chi connectivity index (χ3n) is 4.71. The van der Waals surface area contributed by atoms with Crippen LogP contribution in [0.2, 0.25) is 0 Å². The van der Waals surface area contributed by atoms with Crippen LogP contribution in [-0.4, -0.2) is 56.0 Å². The van der Waals surface area contributed by atoms with E-state index in [0.717, 1.165) is 31.7 Å². The zero-order valence-electron chi connectivity index (χ0n) is 13.3. The maximum Gasteiger partial charge on any atom is 0.250 e. The molecule has 0 aliphatic carbocycles. The molecule has 0 aromatic carbocycles. The van der Waals surface area contributed by atoms with Crippen LogP contribution >= 0.6 is 0 Å². The van der Waals surface area contributed by atoms with Gasteiger partial charge in [-0.25, -0.2) is 0 Å². The molecule has 126 valence electrons. The van der Waals surface area contributed by atoms with E-state index >= 15 is 0 Å². The first-order valence-electron chi connectivity index (χ1n) is 8.13. The van der Waals surface area contributed by atoms with Gasteiger partial charge in [-0.05, 0) is 18.4 Å². The van der Waals surface area contributed by atoms with Crippen molar-refractivity contribution in [3.8, 4) is 0 Å². The lowest BCUT2D eigenvalue weighted by molar-refractivity contribution is 0.0714. The lowest BCUT2D eigenvalue weighted by Gasteiger charge is -2.43. The van der Waals surface area contributed by atoms with Gasteiger partial charge in [-0.1, -0.05) is 12.1 Å². The van der Waals surface area contributed by atoms with Gasteiger partial charge in [-0.3, -0.25) is 13.9 Å². The summed E-state index contributed by atoms with van der Waals surface area (Å²) in [7, 11) is -1.04. The molecule has 0 amide bonds. The second kappa shape index (κ2) is 7.11. The minimum atomic E-state index is -1.04. The summed E-state index contributed by atoms with van der Waals surface area (Å²) in [6.45, 7) is 6.63. The van der Waals surface area contributed by atoms with E-state index in [0.29, 0.717) is 29.9 Å². The van der Waals surface area contributed by atoms with E-state index in [1.165, 1.54) is 0 Å². The Kier molecular flexibility index (Phi) is 5.14. The summed E-state index contributed by atoms with van der Waals surface area (Å²) < 4.78 is 13.6. The number of hydrogen-bond donors (Lipinski definition) is 1. The summed E-state index contributed by atoms with van der Waals surface area (Å²) in [6, 6.07) is 5.50. The zero-order chi connectivity index (χ0) is 16.4. The van der Waals surface area contributed by atoms with Crippen LogP contribution in [0.5, 0.6) is 0 Å². The quantitative estimate of drug-likeness (QED) is 0.771. The molecule has 2 aliphatic heterocycles. The molecule has 2 unspecified atom stereocenters. The SMILES string of the molecule is C=CCS(=O)CC(O)CN1C[C@@H]2C[C@H](C1)c1cccc(=O)n1C2. The fraction of sp³-hybridized carbons (Fsp3) is 0.588. The van der Waals surface area contributed by atoms with Crippen LogP contribution in [0.3, 0.4) is 0 Å². The smallest absolute Gasteiger partial charge is 0.250 e. The van der Waals surface area contributed by atoms with Crippen molar-refractivity contribution in [2.75, 3.05) is 31.1 Å². The highest BCUT2D eigenvalue weighted by molar-refractivity contribution is 7.85. The Labute approximate surface area is 139 Å². The Morgan fingerprint density at radius 1 is 1.39 bits per heavy atom. The predicted octanol–water partition coefficient (Wildman–Crippen LogP) is 0.563. The van der Waals surface area contributed by atoms with E-state index in [9.17, 15) is 14.1 Å². The first kappa shape index (κ1) is 16.6. The van der Waals surface area contributed by atoms with Crippen molar-refractivity contribution in [3.63, 3.8) is 0 Å². The molecule has 5 nitrogen and oxygen atoms in total. The summed E-state index contributed by atoms with van der Waals surface area (Å²) in [5, 5.41) is 10.2. The second-order valence-corrected chi connectivity index (χ2v) is 8.18. The minimum Gasteiger partial charge on any atom is -0.391 e. The summed E-state index contributed by atoms with van der Waals surface area (Å²) in [5.41, 5.74) is 1.20. The average molecular weight is 336 g/mol. The largest absolute Gasteiger partial charge is 0.391 e. The summed E-state index contributed by atoms with van der Waals surface area (Å²) in [5.74, 6) is 1.53. The van der Waals surface area contributed by atoms with Gasteiger partial charge in [-0.2, -0.15) is 0 Å². The first-order chi connectivity index (χ1) is 11.1. The predicted molar refractivity (Wildman–Crippen MR) is 92.1 cm³/mol. The number of hydrogen-bond acceptors (Lipinski definition) is 4. The van der Waals surface area contributed by atoms with Gasteiger partial charge in [0.05, 0.1) is 11.9 Å². The number of β-amino-alcohol motifs (C(OH)–C–C–N with tert-alkyl or cyclic N) is 1. The van der Waals surface area contributed by atoms with Crippen LogP contribution in [-0.2, 0) is 17.3 Å². The number of aliphatic hydroxyl groups is 1. The number of fused-ring (bicyclic) bond motifs is 4. The molecule has 0 spiro atoms. The minimum absolute atomic E-state index is 0.0884. The molecule has 2 aliphatic rings. The van der Waals surface area contributed by atoms with Crippen molar-refractivity contribution in [1.82, 2.24) is 9.47 Å². The van der Waals surface area contributed by atoms with Crippen molar-refractivity contribution < 1.29 is 9.32 Å². The number of pyridine rings is 1. The molecule has 1 aromatic heterocycles. The third kappa shape index (κ3) is 3.82. The van der Waals surface area contributed by atoms with Gasteiger partial charge >= 0.3 is 0 Å². The van der Waals surface area contributed by atoms with Crippen molar-refractivity contribution in [2.45, 2.75) is 25.0 Å². The molecule has 3 heterocycles. The monoisotopic (exact) mass is 336 g/mol. The molecule has 0 radical (unpaired) electrons. The molecule has 1 saturated heterocycles. The summed E-state index contributed by atoms with van der Waals surface area (Å²) in [4.78, 5) is 14.3. The lowest BCUT2D eigenvalue weighted by atomic mass is 9.83. The molecule has 1 fully saturated rings. The highest BCUT2D eigenvalue weighted by Gasteiger charge is 2.34. The lowest BCUT2D eigenvalue weighted by Crippen LogP contribution is -2.49. The Hall–Kier alpha value is -1.24. The Balaban J connectivity index is 1.65. The molecule has 6 heteroatoms. The molecule has 4 atom stereocenters. The average Bonchev–Trinajstić information content (AvgIpc) is 2.48. The first-order valence-corrected chi connectivity index (χ1v) is 9.61. The van der Waals surface area contributed by atoms with Gasteiger partial charge in [0.2, 0.25) is 0 Å². The highest BCUT2D eigenvalue weighted by Crippen LogP contribution is 2.34. The van der Waals surface area contributed by atoms with Gasteiger partial charge in [0, 0.05) is 60.4 Å². The van der Waals surface area contributed by atoms with Crippen molar-refractivity contribution in [3.05, 3.63) is 46.9 Å². The van der Waals surface area contributed by atoms with E-state index in [4.69, 9.17) is 0 Å². The molecule has 2 bridgehead atoms. The third-order valence-corrected chi connectivity index (χ3v) is 6.07. The number of aromatic nitrogens is 1. The van der Waals surface area contributed by atoms with Crippen LogP contribution < -0.4 is 5.56 Å². The molecule has 0 saturated carbocycles. The van der Waals surface area contributed by atoms with Crippen LogP contribution in [0.15, 0.2) is 35.6 Å². The Morgan fingerprint density at radius 3 is 3.00 bits per heavy atom. The maximum absolute atomic E-state index is 12.0. The van der Waals surface area contributed by atoms with E-state index in [1.807, 2.05) is 16.7 Å². The topological polar surface area (TPSA) is 62.5 Å². The summed E-state index contributed by atoms with van der Waals surface area (Å²) in [6.07, 6.45) is 2.16.